The zero-order valence-corrected chi connectivity index (χ0v) is 49.0. The highest BCUT2D eigenvalue weighted by molar-refractivity contribution is 5.71. The van der Waals surface area contributed by atoms with Crippen molar-refractivity contribution in [2.24, 2.45) is 0 Å². The second-order valence-electron chi connectivity index (χ2n) is 20.6. The van der Waals surface area contributed by atoms with Crippen molar-refractivity contribution >= 4 is 17.9 Å². The van der Waals surface area contributed by atoms with E-state index in [0.717, 1.165) is 135 Å². The van der Waals surface area contributed by atoms with Crippen molar-refractivity contribution in [3.8, 4) is 0 Å². The summed E-state index contributed by atoms with van der Waals surface area (Å²) in [6.07, 6.45) is 85.1. The standard InChI is InChI=1S/C69H116O6/c1-4-7-10-13-16-19-22-25-28-31-34-37-40-43-46-49-52-55-58-61-67(70)73-64-66(75-69(72)63-60-57-54-51-48-45-42-39-36-33-30-27-24-21-18-15-12-9-6-3)65-74-68(71)62-59-56-53-50-47-44-41-38-35-32-29-26-23-20-17-14-11-8-5-2/h7,9-10,12,16,18-19,21,25,27-28,30,34,36-37,39,43,46,66H,4-6,8,11,13-15,17,20,22-24,26,29,31-33,35,38,40-42,44-45,47-65H2,1-3H3/b10-7-,12-9-,19-16-,21-18-,28-25-,30-27-,37-34-,39-36-,46-43-. The van der Waals surface area contributed by atoms with E-state index in [4.69, 9.17) is 14.2 Å². The third kappa shape index (κ3) is 60.8. The fraction of sp³-hybridized carbons (Fsp3) is 0.696. The van der Waals surface area contributed by atoms with Gasteiger partial charge in [0.1, 0.15) is 13.2 Å². The van der Waals surface area contributed by atoms with Crippen LogP contribution >= 0.6 is 0 Å². The van der Waals surface area contributed by atoms with E-state index >= 15 is 0 Å². The van der Waals surface area contributed by atoms with Crippen LogP contribution in [-0.4, -0.2) is 37.2 Å². The first-order chi connectivity index (χ1) is 37.0. The van der Waals surface area contributed by atoms with Crippen molar-refractivity contribution in [1.29, 1.82) is 0 Å². The second kappa shape index (κ2) is 62.6. The molecule has 0 radical (unpaired) electrons. The van der Waals surface area contributed by atoms with E-state index < -0.39 is 6.10 Å². The Bertz CT molecular complexity index is 1520. The molecule has 0 aromatic rings. The van der Waals surface area contributed by atoms with E-state index in [9.17, 15) is 14.4 Å². The molecule has 428 valence electrons. The Morgan fingerprint density at radius 3 is 0.827 bits per heavy atom. The monoisotopic (exact) mass is 1040 g/mol. The van der Waals surface area contributed by atoms with Gasteiger partial charge in [0.25, 0.3) is 0 Å². The number of carbonyl (C=O) groups excluding carboxylic acids is 3. The average Bonchev–Trinajstić information content (AvgIpc) is 3.41. The second-order valence-corrected chi connectivity index (χ2v) is 20.6. The Balaban J connectivity index is 4.46. The molecule has 1 unspecified atom stereocenters. The van der Waals surface area contributed by atoms with Crippen molar-refractivity contribution in [1.82, 2.24) is 0 Å². The molecule has 0 heterocycles. The van der Waals surface area contributed by atoms with Crippen molar-refractivity contribution in [2.45, 2.75) is 297 Å². The van der Waals surface area contributed by atoms with Gasteiger partial charge in [0.15, 0.2) is 6.10 Å². The van der Waals surface area contributed by atoms with Gasteiger partial charge in [-0.3, -0.25) is 14.4 Å². The molecule has 6 nitrogen and oxygen atoms in total. The Hall–Kier alpha value is -3.93. The average molecular weight is 1040 g/mol. The van der Waals surface area contributed by atoms with E-state index in [2.05, 4.69) is 130 Å². The van der Waals surface area contributed by atoms with Crippen LogP contribution in [0.3, 0.4) is 0 Å². The van der Waals surface area contributed by atoms with Gasteiger partial charge < -0.3 is 14.2 Å². The molecule has 0 saturated carbocycles. The zero-order chi connectivity index (χ0) is 54.3. The highest BCUT2D eigenvalue weighted by Gasteiger charge is 2.19. The minimum absolute atomic E-state index is 0.0937. The van der Waals surface area contributed by atoms with Crippen LogP contribution in [0.5, 0.6) is 0 Å². The van der Waals surface area contributed by atoms with Crippen LogP contribution in [0.4, 0.5) is 0 Å². The number of allylic oxidation sites excluding steroid dienone is 18. The minimum atomic E-state index is -0.802. The number of unbranched alkanes of at least 4 members (excludes halogenated alkanes) is 27. The summed E-state index contributed by atoms with van der Waals surface area (Å²) in [4.78, 5) is 38.3. The van der Waals surface area contributed by atoms with E-state index in [1.807, 2.05) is 0 Å². The molecule has 75 heavy (non-hydrogen) atoms. The van der Waals surface area contributed by atoms with Crippen LogP contribution in [-0.2, 0) is 28.6 Å². The van der Waals surface area contributed by atoms with Gasteiger partial charge in [0.05, 0.1) is 0 Å². The Morgan fingerprint density at radius 1 is 0.280 bits per heavy atom. The lowest BCUT2D eigenvalue weighted by Gasteiger charge is -2.18. The van der Waals surface area contributed by atoms with Crippen LogP contribution in [0, 0.1) is 0 Å². The largest absolute Gasteiger partial charge is 0.462 e. The molecule has 1 atom stereocenters. The highest BCUT2D eigenvalue weighted by Crippen LogP contribution is 2.16. The molecule has 0 aromatic carbocycles. The van der Waals surface area contributed by atoms with Crippen molar-refractivity contribution in [3.05, 3.63) is 109 Å². The molecule has 0 aromatic heterocycles. The van der Waals surface area contributed by atoms with E-state index in [1.54, 1.807) is 0 Å². The molecule has 0 aliphatic heterocycles. The number of carbonyl (C=O) groups is 3. The van der Waals surface area contributed by atoms with Crippen molar-refractivity contribution in [3.63, 3.8) is 0 Å². The van der Waals surface area contributed by atoms with Gasteiger partial charge in [-0.1, -0.05) is 278 Å². The topological polar surface area (TPSA) is 78.9 Å². The van der Waals surface area contributed by atoms with Crippen LogP contribution < -0.4 is 0 Å². The predicted octanol–water partition coefficient (Wildman–Crippen LogP) is 21.4. The summed E-state index contributed by atoms with van der Waals surface area (Å²) in [6.45, 7) is 6.40. The first-order valence-electron chi connectivity index (χ1n) is 31.4. The van der Waals surface area contributed by atoms with Gasteiger partial charge >= 0.3 is 17.9 Å². The van der Waals surface area contributed by atoms with Crippen molar-refractivity contribution < 1.29 is 28.6 Å². The van der Waals surface area contributed by atoms with Crippen LogP contribution in [0.15, 0.2) is 109 Å². The maximum atomic E-state index is 12.9. The molecule has 0 rings (SSSR count). The van der Waals surface area contributed by atoms with E-state index in [1.165, 1.54) is 116 Å². The lowest BCUT2D eigenvalue weighted by atomic mass is 10.0. The Morgan fingerprint density at radius 2 is 0.520 bits per heavy atom. The van der Waals surface area contributed by atoms with Gasteiger partial charge in [0, 0.05) is 19.3 Å². The molecule has 0 bridgehead atoms. The summed E-state index contributed by atoms with van der Waals surface area (Å²) in [5, 5.41) is 0. The molecular weight excluding hydrogens is 925 g/mol. The Kier molecular flexibility index (Phi) is 59.3. The predicted molar refractivity (Wildman–Crippen MR) is 325 cm³/mol. The normalized spacial score (nSPS) is 12.8. The number of esters is 3. The van der Waals surface area contributed by atoms with Gasteiger partial charge in [-0.25, -0.2) is 0 Å². The molecule has 6 heteroatoms. The smallest absolute Gasteiger partial charge is 0.306 e. The first-order valence-corrected chi connectivity index (χ1v) is 31.4. The van der Waals surface area contributed by atoms with Gasteiger partial charge in [-0.2, -0.15) is 0 Å². The lowest BCUT2D eigenvalue weighted by Crippen LogP contribution is -2.30. The maximum Gasteiger partial charge on any atom is 0.306 e. The van der Waals surface area contributed by atoms with Crippen LogP contribution in [0.25, 0.3) is 0 Å². The summed E-state index contributed by atoms with van der Waals surface area (Å²) in [5.74, 6) is -0.933. The molecule has 0 aliphatic rings. The fourth-order valence-corrected chi connectivity index (χ4v) is 8.64. The first kappa shape index (κ1) is 71.1. The van der Waals surface area contributed by atoms with E-state index in [0.29, 0.717) is 19.3 Å². The highest BCUT2D eigenvalue weighted by atomic mass is 16.6. The SMILES string of the molecule is CC/C=C\C/C=C\C/C=C\C/C=C\C/C=C\CCCCCC(=O)OCC(COC(=O)CCCCCCCCCCCCCCCCCCCCC)OC(=O)CCCCCCCC/C=C\C/C=C\C/C=C\C/C=C\CC. The molecule has 0 aliphatic carbocycles. The van der Waals surface area contributed by atoms with Crippen LogP contribution in [0.2, 0.25) is 0 Å². The quantitative estimate of drug-likeness (QED) is 0.0261. The molecule has 0 N–H and O–H groups in total. The van der Waals surface area contributed by atoms with Gasteiger partial charge in [-0.05, 0) is 103 Å². The number of rotatable bonds is 56. The minimum Gasteiger partial charge on any atom is -0.462 e. The fourth-order valence-electron chi connectivity index (χ4n) is 8.64. The molecular formula is C69H116O6. The third-order valence-electron chi connectivity index (χ3n) is 13.3. The van der Waals surface area contributed by atoms with Crippen LogP contribution in [0.1, 0.15) is 290 Å². The number of hydrogen-bond acceptors (Lipinski definition) is 6. The summed E-state index contributed by atoms with van der Waals surface area (Å²) in [6, 6.07) is 0. The molecule has 0 spiro atoms. The summed E-state index contributed by atoms with van der Waals surface area (Å²) >= 11 is 0. The molecule has 0 fully saturated rings. The van der Waals surface area contributed by atoms with E-state index in [-0.39, 0.29) is 31.1 Å². The van der Waals surface area contributed by atoms with Crippen molar-refractivity contribution in [2.75, 3.05) is 13.2 Å². The summed E-state index contributed by atoms with van der Waals surface area (Å²) in [5.41, 5.74) is 0. The molecule has 0 saturated heterocycles. The van der Waals surface area contributed by atoms with Gasteiger partial charge in [0.2, 0.25) is 0 Å². The number of ether oxygens (including phenoxy) is 3. The van der Waals surface area contributed by atoms with Gasteiger partial charge in [-0.15, -0.1) is 0 Å². The third-order valence-corrected chi connectivity index (χ3v) is 13.3. The number of hydrogen-bond donors (Lipinski definition) is 0. The lowest BCUT2D eigenvalue weighted by molar-refractivity contribution is -0.167. The Labute approximate surface area is 463 Å². The maximum absolute atomic E-state index is 12.9. The summed E-state index contributed by atoms with van der Waals surface area (Å²) < 4.78 is 16.9. The molecule has 0 amide bonds. The zero-order valence-electron chi connectivity index (χ0n) is 49.0. The summed E-state index contributed by atoms with van der Waals surface area (Å²) in [7, 11) is 0.